The zero-order chi connectivity index (χ0) is 23.1. The third-order valence-electron chi connectivity index (χ3n) is 6.16. The number of aryl methyl sites for hydroxylation is 1. The molecule has 170 valence electrons. The predicted octanol–water partition coefficient (Wildman–Crippen LogP) is 3.19. The highest BCUT2D eigenvalue weighted by Crippen LogP contribution is 2.24. The SMILES string of the molecule is Cc1c(-c2ccnc3cc(C(=O)N4CCN(Cc5ccc(F)cc5Cl)CC4)nn23)cnn1C. The van der Waals surface area contributed by atoms with E-state index in [0.29, 0.717) is 49.1 Å². The van der Waals surface area contributed by atoms with Crippen molar-refractivity contribution >= 4 is 23.2 Å². The maximum absolute atomic E-state index is 13.3. The molecule has 1 saturated heterocycles. The second kappa shape index (κ2) is 8.57. The normalized spacial score (nSPS) is 14.8. The number of hydrogen-bond acceptors (Lipinski definition) is 5. The van der Waals surface area contributed by atoms with Crippen molar-refractivity contribution in [2.75, 3.05) is 26.2 Å². The number of carbonyl (C=O) groups excluding carboxylic acids is 1. The Hall–Kier alpha value is -3.30. The van der Waals surface area contributed by atoms with Crippen LogP contribution < -0.4 is 0 Å². The van der Waals surface area contributed by atoms with E-state index in [9.17, 15) is 9.18 Å². The molecule has 4 aromatic rings. The molecule has 1 amide bonds. The van der Waals surface area contributed by atoms with Crippen LogP contribution in [-0.2, 0) is 13.6 Å². The van der Waals surface area contributed by atoms with Crippen LogP contribution in [0.25, 0.3) is 16.9 Å². The molecule has 0 saturated carbocycles. The average molecular weight is 468 g/mol. The highest BCUT2D eigenvalue weighted by molar-refractivity contribution is 6.31. The Kier molecular flexibility index (Phi) is 5.59. The number of nitrogens with zero attached hydrogens (tertiary/aromatic N) is 7. The monoisotopic (exact) mass is 467 g/mol. The van der Waals surface area contributed by atoms with Crippen molar-refractivity contribution in [1.29, 1.82) is 0 Å². The van der Waals surface area contributed by atoms with Gasteiger partial charge in [-0.3, -0.25) is 14.4 Å². The first kappa shape index (κ1) is 21.5. The highest BCUT2D eigenvalue weighted by atomic mass is 35.5. The second-order valence-electron chi connectivity index (χ2n) is 8.20. The Morgan fingerprint density at radius 2 is 1.94 bits per heavy atom. The lowest BCUT2D eigenvalue weighted by atomic mass is 10.2. The minimum absolute atomic E-state index is 0.117. The van der Waals surface area contributed by atoms with E-state index in [1.165, 1.54) is 12.1 Å². The van der Waals surface area contributed by atoms with Gasteiger partial charge in [-0.2, -0.15) is 10.2 Å². The number of aromatic nitrogens is 5. The van der Waals surface area contributed by atoms with Gasteiger partial charge in [0.2, 0.25) is 0 Å². The van der Waals surface area contributed by atoms with Crippen LogP contribution in [0.1, 0.15) is 21.7 Å². The number of amides is 1. The fourth-order valence-corrected chi connectivity index (χ4v) is 4.34. The molecule has 33 heavy (non-hydrogen) atoms. The summed E-state index contributed by atoms with van der Waals surface area (Å²) in [5, 5.41) is 9.31. The van der Waals surface area contributed by atoms with Crippen molar-refractivity contribution in [2.24, 2.45) is 7.05 Å². The third kappa shape index (κ3) is 4.09. The van der Waals surface area contributed by atoms with Gasteiger partial charge in [0.25, 0.3) is 5.91 Å². The van der Waals surface area contributed by atoms with Crippen LogP contribution in [0.15, 0.2) is 42.7 Å². The summed E-state index contributed by atoms with van der Waals surface area (Å²) in [5.41, 5.74) is 4.65. The largest absolute Gasteiger partial charge is 0.335 e. The van der Waals surface area contributed by atoms with E-state index < -0.39 is 0 Å². The topological polar surface area (TPSA) is 71.6 Å². The molecule has 1 aromatic carbocycles. The van der Waals surface area contributed by atoms with E-state index in [-0.39, 0.29) is 11.7 Å². The summed E-state index contributed by atoms with van der Waals surface area (Å²) in [4.78, 5) is 21.6. The average Bonchev–Trinajstić information content (AvgIpc) is 3.39. The minimum atomic E-state index is -0.344. The van der Waals surface area contributed by atoms with Gasteiger partial charge in [0, 0.05) is 68.3 Å². The van der Waals surface area contributed by atoms with Crippen molar-refractivity contribution in [3.63, 3.8) is 0 Å². The fraction of sp³-hybridized carbons (Fsp3) is 0.304. The number of benzene rings is 1. The van der Waals surface area contributed by atoms with Crippen molar-refractivity contribution in [2.45, 2.75) is 13.5 Å². The fourth-order valence-electron chi connectivity index (χ4n) is 4.12. The Bertz CT molecular complexity index is 1340. The van der Waals surface area contributed by atoms with Crippen LogP contribution in [0.3, 0.4) is 0 Å². The van der Waals surface area contributed by atoms with Gasteiger partial charge in [-0.25, -0.2) is 13.9 Å². The number of piperazine rings is 1. The van der Waals surface area contributed by atoms with Gasteiger partial charge >= 0.3 is 0 Å². The standard InChI is InChI=1S/C23H23ClFN7O/c1-15-18(13-27-29(15)2)21-5-6-26-22-12-20(28-32(21)22)23(33)31-9-7-30(8-10-31)14-16-3-4-17(25)11-19(16)24/h3-6,11-13H,7-10,14H2,1-2H3. The molecule has 0 radical (unpaired) electrons. The second-order valence-corrected chi connectivity index (χ2v) is 8.61. The van der Waals surface area contributed by atoms with Crippen molar-refractivity contribution < 1.29 is 9.18 Å². The number of hydrogen-bond donors (Lipinski definition) is 0. The Balaban J connectivity index is 1.31. The van der Waals surface area contributed by atoms with Crippen LogP contribution >= 0.6 is 11.6 Å². The lowest BCUT2D eigenvalue weighted by Gasteiger charge is -2.34. The molecule has 1 aliphatic heterocycles. The van der Waals surface area contributed by atoms with Crippen LogP contribution in [-0.4, -0.2) is 66.3 Å². The lowest BCUT2D eigenvalue weighted by Crippen LogP contribution is -2.48. The summed E-state index contributed by atoms with van der Waals surface area (Å²) in [7, 11) is 1.89. The zero-order valence-corrected chi connectivity index (χ0v) is 19.1. The van der Waals surface area contributed by atoms with E-state index in [1.807, 2.05) is 20.0 Å². The van der Waals surface area contributed by atoms with Gasteiger partial charge in [-0.1, -0.05) is 17.7 Å². The van der Waals surface area contributed by atoms with E-state index in [4.69, 9.17) is 11.6 Å². The molecular formula is C23H23ClFN7O. The van der Waals surface area contributed by atoms with Gasteiger partial charge in [0.15, 0.2) is 11.3 Å². The van der Waals surface area contributed by atoms with Crippen LogP contribution in [0.5, 0.6) is 0 Å². The predicted molar refractivity (Wildman–Crippen MR) is 123 cm³/mol. The van der Waals surface area contributed by atoms with Crippen molar-refractivity contribution in [1.82, 2.24) is 34.2 Å². The van der Waals surface area contributed by atoms with E-state index in [0.717, 1.165) is 22.5 Å². The number of carbonyl (C=O) groups is 1. The first-order chi connectivity index (χ1) is 15.9. The summed E-state index contributed by atoms with van der Waals surface area (Å²) in [6.45, 7) is 5.16. The first-order valence-electron chi connectivity index (χ1n) is 10.7. The summed E-state index contributed by atoms with van der Waals surface area (Å²) >= 11 is 6.16. The minimum Gasteiger partial charge on any atom is -0.335 e. The van der Waals surface area contributed by atoms with E-state index >= 15 is 0 Å². The van der Waals surface area contributed by atoms with Crippen molar-refractivity contribution in [3.05, 3.63) is 70.5 Å². The third-order valence-corrected chi connectivity index (χ3v) is 6.51. The van der Waals surface area contributed by atoms with Gasteiger partial charge in [-0.05, 0) is 30.7 Å². The van der Waals surface area contributed by atoms with Gasteiger partial charge in [-0.15, -0.1) is 0 Å². The molecular weight excluding hydrogens is 445 g/mol. The number of rotatable bonds is 4. The summed E-state index contributed by atoms with van der Waals surface area (Å²) in [5.74, 6) is -0.461. The Morgan fingerprint density at radius 1 is 1.15 bits per heavy atom. The molecule has 1 aliphatic rings. The molecule has 0 spiro atoms. The number of fused-ring (bicyclic) bond motifs is 1. The molecule has 3 aromatic heterocycles. The van der Waals surface area contributed by atoms with Crippen LogP contribution in [0.4, 0.5) is 4.39 Å². The Morgan fingerprint density at radius 3 is 2.64 bits per heavy atom. The molecule has 0 bridgehead atoms. The smallest absolute Gasteiger partial charge is 0.274 e. The maximum atomic E-state index is 13.3. The van der Waals surface area contributed by atoms with E-state index in [1.54, 1.807) is 38.6 Å². The lowest BCUT2D eigenvalue weighted by molar-refractivity contribution is 0.0622. The molecule has 0 atom stereocenters. The van der Waals surface area contributed by atoms with Crippen LogP contribution in [0.2, 0.25) is 5.02 Å². The Labute approximate surface area is 195 Å². The highest BCUT2D eigenvalue weighted by Gasteiger charge is 2.25. The zero-order valence-electron chi connectivity index (χ0n) is 18.4. The molecule has 8 nitrogen and oxygen atoms in total. The summed E-state index contributed by atoms with van der Waals surface area (Å²) in [6, 6.07) is 8.05. The van der Waals surface area contributed by atoms with Gasteiger partial charge in [0.05, 0.1) is 11.9 Å². The maximum Gasteiger partial charge on any atom is 0.274 e. The first-order valence-corrected chi connectivity index (χ1v) is 11.1. The molecule has 5 rings (SSSR count). The molecule has 4 heterocycles. The molecule has 0 aliphatic carbocycles. The molecule has 0 N–H and O–H groups in total. The molecule has 10 heteroatoms. The molecule has 0 unspecified atom stereocenters. The quantitative estimate of drug-likeness (QED) is 0.461. The molecule has 1 fully saturated rings. The summed E-state index contributed by atoms with van der Waals surface area (Å²) in [6.07, 6.45) is 3.51. The van der Waals surface area contributed by atoms with Gasteiger partial charge < -0.3 is 4.90 Å². The van der Waals surface area contributed by atoms with Gasteiger partial charge in [0.1, 0.15) is 5.82 Å². The van der Waals surface area contributed by atoms with Crippen molar-refractivity contribution in [3.8, 4) is 11.3 Å². The van der Waals surface area contributed by atoms with Crippen LogP contribution in [0, 0.1) is 12.7 Å². The summed E-state index contributed by atoms with van der Waals surface area (Å²) < 4.78 is 16.8. The number of halogens is 2. The van der Waals surface area contributed by atoms with E-state index in [2.05, 4.69) is 20.1 Å².